The Morgan fingerprint density at radius 2 is 1.72 bits per heavy atom. The lowest BCUT2D eigenvalue weighted by Gasteiger charge is -2.60. The van der Waals surface area contributed by atoms with Gasteiger partial charge < -0.3 is 10.2 Å². The first-order valence-corrected chi connectivity index (χ1v) is 12.0. The highest BCUT2D eigenvalue weighted by Gasteiger charge is 2.63. The second-order valence-electron chi connectivity index (χ2n) is 11.7. The molecule has 4 saturated carbocycles. The van der Waals surface area contributed by atoms with E-state index in [1.54, 1.807) is 0 Å². The van der Waals surface area contributed by atoms with Crippen molar-refractivity contribution in [2.75, 3.05) is 0 Å². The van der Waals surface area contributed by atoms with Crippen LogP contribution >= 0.6 is 0 Å². The molecular formula is C25H40O4. The van der Waals surface area contributed by atoms with Crippen LogP contribution < -0.4 is 0 Å². The maximum atomic E-state index is 13.4. The van der Waals surface area contributed by atoms with Gasteiger partial charge in [-0.1, -0.05) is 27.7 Å². The fraction of sp³-hybridized carbons (Fsp3) is 0.920. The van der Waals surface area contributed by atoms with Crippen LogP contribution in [0.1, 0.15) is 85.5 Å². The summed E-state index contributed by atoms with van der Waals surface area (Å²) >= 11 is 0. The van der Waals surface area contributed by atoms with Crippen LogP contribution in [0.5, 0.6) is 0 Å². The van der Waals surface area contributed by atoms with E-state index in [4.69, 9.17) is 0 Å². The lowest BCUT2D eigenvalue weighted by molar-refractivity contribution is -0.160. The fourth-order valence-corrected chi connectivity index (χ4v) is 8.71. The van der Waals surface area contributed by atoms with Crippen molar-refractivity contribution in [3.8, 4) is 0 Å². The number of carboxylic acid groups (broad SMARTS) is 1. The van der Waals surface area contributed by atoms with Crippen LogP contribution in [0.3, 0.4) is 0 Å². The monoisotopic (exact) mass is 404 g/mol. The van der Waals surface area contributed by atoms with E-state index in [-0.39, 0.29) is 28.8 Å². The van der Waals surface area contributed by atoms with Crippen molar-refractivity contribution in [1.29, 1.82) is 0 Å². The van der Waals surface area contributed by atoms with Crippen LogP contribution in [0.4, 0.5) is 0 Å². The average Bonchev–Trinajstić information content (AvgIpc) is 3.00. The van der Waals surface area contributed by atoms with E-state index in [0.717, 1.165) is 44.9 Å². The Hall–Kier alpha value is -0.900. The van der Waals surface area contributed by atoms with Gasteiger partial charge in [0, 0.05) is 12.3 Å². The number of hydrogen-bond donors (Lipinski definition) is 2. The summed E-state index contributed by atoms with van der Waals surface area (Å²) in [5, 5.41) is 19.5. The minimum absolute atomic E-state index is 0.172. The molecule has 0 radical (unpaired) electrons. The van der Waals surface area contributed by atoms with Gasteiger partial charge in [0.15, 0.2) is 0 Å². The van der Waals surface area contributed by atoms with E-state index in [0.29, 0.717) is 41.8 Å². The Morgan fingerprint density at radius 3 is 2.41 bits per heavy atom. The lowest BCUT2D eigenvalue weighted by Crippen LogP contribution is -2.57. The van der Waals surface area contributed by atoms with Crippen molar-refractivity contribution in [1.82, 2.24) is 0 Å². The lowest BCUT2D eigenvalue weighted by atomic mass is 9.44. The number of aliphatic hydroxyl groups is 1. The summed E-state index contributed by atoms with van der Waals surface area (Å²) in [7, 11) is 0. The summed E-state index contributed by atoms with van der Waals surface area (Å²) in [5.74, 6) is 1.89. The maximum absolute atomic E-state index is 13.4. The SMILES string of the molecule is C[C@H](C[C@H](C)C(=O)O)[C@H]1CCC2C3C(=O)CC4C[C@H](O)CC[C@]4(C)C3CC[C@@]21C. The zero-order valence-electron chi connectivity index (χ0n) is 18.7. The van der Waals surface area contributed by atoms with Crippen LogP contribution in [0.25, 0.3) is 0 Å². The molecule has 0 aromatic carbocycles. The van der Waals surface area contributed by atoms with Gasteiger partial charge in [0.05, 0.1) is 12.0 Å². The van der Waals surface area contributed by atoms with E-state index < -0.39 is 5.97 Å². The predicted octanol–water partition coefficient (Wildman–Crippen LogP) is 4.93. The van der Waals surface area contributed by atoms with Gasteiger partial charge >= 0.3 is 5.97 Å². The second-order valence-corrected chi connectivity index (χ2v) is 11.7. The van der Waals surface area contributed by atoms with Gasteiger partial charge in [0.2, 0.25) is 0 Å². The summed E-state index contributed by atoms with van der Waals surface area (Å²) in [6.45, 7) is 8.90. The number of fused-ring (bicyclic) bond motifs is 5. The van der Waals surface area contributed by atoms with Crippen molar-refractivity contribution in [2.45, 2.75) is 91.6 Å². The molecule has 4 nitrogen and oxygen atoms in total. The number of carbonyl (C=O) groups excluding carboxylic acids is 1. The number of ketones is 1. The van der Waals surface area contributed by atoms with Gasteiger partial charge in [-0.3, -0.25) is 9.59 Å². The highest BCUT2D eigenvalue weighted by atomic mass is 16.4. The summed E-state index contributed by atoms with van der Waals surface area (Å²) in [5.41, 5.74) is 0.381. The molecule has 4 heteroatoms. The summed E-state index contributed by atoms with van der Waals surface area (Å²) in [6, 6.07) is 0. The number of Topliss-reactive ketones (excluding diaryl/α,β-unsaturated/α-hetero) is 1. The molecule has 0 spiro atoms. The number of aliphatic carboxylic acids is 1. The molecule has 4 unspecified atom stereocenters. The van der Waals surface area contributed by atoms with Crippen molar-refractivity contribution < 1.29 is 19.8 Å². The molecule has 0 bridgehead atoms. The minimum Gasteiger partial charge on any atom is -0.481 e. The first-order chi connectivity index (χ1) is 13.6. The van der Waals surface area contributed by atoms with Crippen LogP contribution in [-0.4, -0.2) is 28.1 Å². The Labute approximate surface area is 175 Å². The maximum Gasteiger partial charge on any atom is 0.306 e. The zero-order valence-corrected chi connectivity index (χ0v) is 18.7. The molecule has 164 valence electrons. The molecule has 4 aliphatic rings. The largest absolute Gasteiger partial charge is 0.481 e. The Bertz CT molecular complexity index is 674. The molecule has 10 atom stereocenters. The molecule has 0 aliphatic heterocycles. The zero-order chi connectivity index (χ0) is 21.1. The quantitative estimate of drug-likeness (QED) is 0.696. The van der Waals surface area contributed by atoms with E-state index in [1.165, 1.54) is 6.42 Å². The molecule has 0 aromatic rings. The third-order valence-electron chi connectivity index (χ3n) is 10.3. The van der Waals surface area contributed by atoms with E-state index in [2.05, 4.69) is 20.8 Å². The van der Waals surface area contributed by atoms with Crippen LogP contribution in [0, 0.1) is 52.3 Å². The number of rotatable bonds is 4. The van der Waals surface area contributed by atoms with Gasteiger partial charge in [-0.15, -0.1) is 0 Å². The molecule has 29 heavy (non-hydrogen) atoms. The normalized spacial score (nSPS) is 48.9. The van der Waals surface area contributed by atoms with Gasteiger partial charge in [-0.2, -0.15) is 0 Å². The third-order valence-corrected chi connectivity index (χ3v) is 10.3. The topological polar surface area (TPSA) is 74.6 Å². The fourth-order valence-electron chi connectivity index (χ4n) is 8.71. The Kier molecular flexibility index (Phi) is 5.41. The van der Waals surface area contributed by atoms with Crippen molar-refractivity contribution in [2.24, 2.45) is 52.3 Å². The van der Waals surface area contributed by atoms with Crippen molar-refractivity contribution in [3.63, 3.8) is 0 Å². The molecule has 4 rings (SSSR count). The van der Waals surface area contributed by atoms with Gasteiger partial charge in [-0.05, 0) is 91.8 Å². The average molecular weight is 405 g/mol. The second kappa shape index (κ2) is 7.35. The Balaban J connectivity index is 1.56. The van der Waals surface area contributed by atoms with Gasteiger partial charge in [-0.25, -0.2) is 0 Å². The predicted molar refractivity (Wildman–Crippen MR) is 112 cm³/mol. The van der Waals surface area contributed by atoms with Crippen LogP contribution in [0.15, 0.2) is 0 Å². The summed E-state index contributed by atoms with van der Waals surface area (Å²) in [4.78, 5) is 24.8. The molecule has 0 aromatic heterocycles. The molecule has 2 N–H and O–H groups in total. The number of hydrogen-bond acceptors (Lipinski definition) is 3. The molecule has 4 aliphatic carbocycles. The first kappa shape index (κ1) is 21.3. The molecule has 0 amide bonds. The number of carboxylic acids is 1. The number of aliphatic hydroxyl groups excluding tert-OH is 1. The van der Waals surface area contributed by atoms with E-state index in [9.17, 15) is 19.8 Å². The molecule has 0 saturated heterocycles. The van der Waals surface area contributed by atoms with Crippen LogP contribution in [-0.2, 0) is 9.59 Å². The van der Waals surface area contributed by atoms with Crippen molar-refractivity contribution in [3.05, 3.63) is 0 Å². The highest BCUT2D eigenvalue weighted by molar-refractivity contribution is 5.83. The van der Waals surface area contributed by atoms with Crippen LogP contribution in [0.2, 0.25) is 0 Å². The third kappa shape index (κ3) is 3.28. The molecule has 4 fully saturated rings. The Morgan fingerprint density at radius 1 is 1.07 bits per heavy atom. The molecule has 0 heterocycles. The summed E-state index contributed by atoms with van der Waals surface area (Å²) < 4.78 is 0. The smallest absolute Gasteiger partial charge is 0.306 e. The minimum atomic E-state index is -0.693. The highest BCUT2D eigenvalue weighted by Crippen LogP contribution is 2.67. The van der Waals surface area contributed by atoms with E-state index in [1.807, 2.05) is 6.92 Å². The van der Waals surface area contributed by atoms with Gasteiger partial charge in [0.1, 0.15) is 5.78 Å². The van der Waals surface area contributed by atoms with Gasteiger partial charge in [0.25, 0.3) is 0 Å². The van der Waals surface area contributed by atoms with E-state index >= 15 is 0 Å². The van der Waals surface area contributed by atoms with Crippen molar-refractivity contribution >= 4 is 11.8 Å². The first-order valence-electron chi connectivity index (χ1n) is 12.0. The standard InChI is InChI=1S/C25H40O4/c1-14(11-15(2)23(28)29)18-5-6-19-22-20(8-10-25(18,19)4)24(3)9-7-17(26)12-16(24)13-21(22)27/h14-20,22,26H,5-13H2,1-4H3,(H,28,29)/t14-,15+,16?,17-,18-,19?,20?,22?,24+,25-/m1/s1. The number of carbonyl (C=O) groups is 2. The molecular weight excluding hydrogens is 364 g/mol. The summed E-state index contributed by atoms with van der Waals surface area (Å²) in [6.07, 6.45) is 8.51.